The molecule has 0 aromatic heterocycles. The van der Waals surface area contributed by atoms with E-state index in [9.17, 15) is 48.9 Å². The summed E-state index contributed by atoms with van der Waals surface area (Å²) in [5.74, 6) is -8.50. The van der Waals surface area contributed by atoms with Gasteiger partial charge in [0, 0.05) is 6.54 Å². The first-order valence-electron chi connectivity index (χ1n) is 16.9. The number of carboxylic acids is 2. The molecule has 1 aromatic carbocycles. The van der Waals surface area contributed by atoms with Gasteiger partial charge in [-0.3, -0.25) is 24.0 Å². The Morgan fingerprint density at radius 3 is 2.30 bits per heavy atom. The van der Waals surface area contributed by atoms with Crippen molar-refractivity contribution in [3.05, 3.63) is 71.1 Å². The van der Waals surface area contributed by atoms with Crippen molar-refractivity contribution in [3.8, 4) is 11.5 Å². The molecule has 0 fully saturated rings. The van der Waals surface area contributed by atoms with Gasteiger partial charge in [0.15, 0.2) is 11.5 Å². The van der Waals surface area contributed by atoms with Crippen LogP contribution in [0.2, 0.25) is 0 Å². The molecule has 0 saturated heterocycles. The highest BCUT2D eigenvalue weighted by molar-refractivity contribution is 6.06. The summed E-state index contributed by atoms with van der Waals surface area (Å²) in [6.45, 7) is 11.4. The minimum absolute atomic E-state index is 0.0236. The van der Waals surface area contributed by atoms with Gasteiger partial charge in [0.25, 0.3) is 17.7 Å². The standard InChI is InChI=1S/C36H46N6O12/c1-8-18(5)26(32(49)38-20(35(52)53)16-24(44)45)40-30(47)21-11-10-14-42(21)34(51)29-36(6,9-2)54-23-15-19(12-13-22(23)43)28(46)27(37-7)33(50)39-25(17(3)4)31(48)41-29/h10-13,15-16,21,25,27-29,37,43,46H,3,8-9,14H2,1-2,4-7H3,(H,38,49)(H,39,50)(H,40,47)(H,41,48)(H,44,45)(H,52,53)/t21-,25-,27+,28-,29+,36+/m0/s1. The summed E-state index contributed by atoms with van der Waals surface area (Å²) < 4.78 is 6.29. The second kappa shape index (κ2) is 17.7. The molecule has 3 rings (SSSR count). The van der Waals surface area contributed by atoms with Crippen LogP contribution in [-0.4, -0.2) is 110 Å². The second-order valence-corrected chi connectivity index (χ2v) is 13.0. The Labute approximate surface area is 311 Å². The minimum Gasteiger partial charge on any atom is -0.504 e. The smallest absolute Gasteiger partial charge is 0.352 e. The number of nitrogens with zero attached hydrogens (tertiary/aromatic N) is 1. The third kappa shape index (κ3) is 9.50. The molecule has 0 spiro atoms. The molecule has 6 atom stereocenters. The molecule has 2 bridgehead atoms. The molecule has 54 heavy (non-hydrogen) atoms. The van der Waals surface area contributed by atoms with Gasteiger partial charge in [-0.15, -0.1) is 0 Å². The highest BCUT2D eigenvalue weighted by atomic mass is 16.5. The van der Waals surface area contributed by atoms with Crippen LogP contribution in [0.1, 0.15) is 59.1 Å². The molecule has 5 amide bonds. The van der Waals surface area contributed by atoms with Gasteiger partial charge in [-0.25, -0.2) is 9.59 Å². The molecule has 292 valence electrons. The number of aliphatic hydroxyl groups is 1. The van der Waals surface area contributed by atoms with E-state index >= 15 is 0 Å². The van der Waals surface area contributed by atoms with Crippen molar-refractivity contribution in [1.82, 2.24) is 31.5 Å². The Morgan fingerprint density at radius 1 is 1.07 bits per heavy atom. The highest BCUT2D eigenvalue weighted by Crippen LogP contribution is 2.36. The molecule has 0 unspecified atom stereocenters. The molecule has 18 nitrogen and oxygen atoms in total. The first-order valence-corrected chi connectivity index (χ1v) is 16.9. The zero-order valence-corrected chi connectivity index (χ0v) is 30.7. The number of fused-ring (bicyclic) bond motifs is 2. The molecule has 2 heterocycles. The fourth-order valence-electron chi connectivity index (χ4n) is 5.69. The minimum atomic E-state index is -1.75. The predicted molar refractivity (Wildman–Crippen MR) is 191 cm³/mol. The largest absolute Gasteiger partial charge is 0.504 e. The quantitative estimate of drug-likeness (QED) is 0.105. The zero-order chi connectivity index (χ0) is 40.7. The van der Waals surface area contributed by atoms with Crippen molar-refractivity contribution in [2.24, 2.45) is 0 Å². The number of nitrogens with one attached hydrogen (secondary N) is 5. The number of ether oxygens (including phenoxy) is 1. The number of hydrogen-bond donors (Lipinski definition) is 9. The number of phenols is 1. The molecular formula is C36H46N6O12. The maximum atomic E-state index is 14.6. The summed E-state index contributed by atoms with van der Waals surface area (Å²) in [7, 11) is 1.43. The summed E-state index contributed by atoms with van der Waals surface area (Å²) in [6.07, 6.45) is 1.89. The van der Waals surface area contributed by atoms with Gasteiger partial charge in [-0.2, -0.15) is 0 Å². The average molecular weight is 755 g/mol. The van der Waals surface area contributed by atoms with Gasteiger partial charge in [0.05, 0.1) is 6.08 Å². The van der Waals surface area contributed by atoms with Crippen molar-refractivity contribution < 1.29 is 58.7 Å². The van der Waals surface area contributed by atoms with Crippen molar-refractivity contribution in [1.29, 1.82) is 0 Å². The van der Waals surface area contributed by atoms with Crippen LogP contribution < -0.4 is 31.3 Å². The number of allylic oxidation sites excluding steroid dienone is 1. The van der Waals surface area contributed by atoms with Crippen LogP contribution >= 0.6 is 0 Å². The Balaban J connectivity index is 2.08. The molecular weight excluding hydrogens is 708 g/mol. The van der Waals surface area contributed by atoms with Crippen molar-refractivity contribution >= 4 is 41.5 Å². The first kappa shape index (κ1) is 42.4. The molecule has 2 aliphatic rings. The lowest BCUT2D eigenvalue weighted by Crippen LogP contribution is -2.65. The highest BCUT2D eigenvalue weighted by Gasteiger charge is 2.47. The number of aliphatic carboxylic acids is 2. The Hall–Kier alpha value is -6.01. The van der Waals surface area contributed by atoms with Crippen LogP contribution in [0.15, 0.2) is 65.5 Å². The van der Waals surface area contributed by atoms with Gasteiger partial charge in [-0.1, -0.05) is 38.6 Å². The molecule has 1 aromatic rings. The van der Waals surface area contributed by atoms with Crippen LogP contribution in [0.4, 0.5) is 0 Å². The Morgan fingerprint density at radius 2 is 1.74 bits per heavy atom. The van der Waals surface area contributed by atoms with Crippen molar-refractivity contribution in [2.45, 2.75) is 83.3 Å². The van der Waals surface area contributed by atoms with E-state index < -0.39 is 83.0 Å². The normalized spacial score (nSPS) is 25.0. The molecule has 18 heteroatoms. The zero-order valence-electron chi connectivity index (χ0n) is 30.7. The SMILES string of the molecule is C=C(C)[C@@H]1NC(=O)[C@H](NC)[C@@H](O)c2ccc(O)c(c2)O[C@](C)(CC)[C@@H](C(=O)N2CC=C[C@H]2C(=O)NC(C(=O)NC(=CC(=O)O)C(=O)O)=C(C)CC)NC1=O. The summed E-state index contributed by atoms with van der Waals surface area (Å²) >= 11 is 0. The van der Waals surface area contributed by atoms with E-state index in [0.29, 0.717) is 0 Å². The topological polar surface area (TPSA) is 273 Å². The number of benzene rings is 1. The summed E-state index contributed by atoms with van der Waals surface area (Å²) in [5, 5.41) is 52.7. The number of aromatic hydroxyl groups is 1. The number of hydrogen-bond acceptors (Lipinski definition) is 11. The fraction of sp³-hybridized carbons (Fsp3) is 0.417. The summed E-state index contributed by atoms with van der Waals surface area (Å²) in [4.78, 5) is 92.7. The molecule has 0 aliphatic carbocycles. The monoisotopic (exact) mass is 754 g/mol. The van der Waals surface area contributed by atoms with E-state index in [2.05, 4.69) is 27.8 Å². The van der Waals surface area contributed by atoms with Crippen molar-refractivity contribution in [2.75, 3.05) is 13.6 Å². The number of carboxylic acid groups (broad SMARTS) is 2. The van der Waals surface area contributed by atoms with Crippen LogP contribution in [0.25, 0.3) is 0 Å². The Kier molecular flexibility index (Phi) is 13.9. The number of carbonyl (C=O) groups is 7. The fourth-order valence-corrected chi connectivity index (χ4v) is 5.69. The molecule has 9 N–H and O–H groups in total. The van der Waals surface area contributed by atoms with E-state index in [1.54, 1.807) is 13.8 Å². The van der Waals surface area contributed by atoms with E-state index in [4.69, 9.17) is 9.84 Å². The van der Waals surface area contributed by atoms with Gasteiger partial charge in [-0.05, 0) is 69.5 Å². The molecule has 0 radical (unpaired) electrons. The van der Waals surface area contributed by atoms with Crippen LogP contribution in [0, 0.1) is 0 Å². The van der Waals surface area contributed by atoms with E-state index in [0.717, 1.165) is 4.90 Å². The third-order valence-corrected chi connectivity index (χ3v) is 9.15. The van der Waals surface area contributed by atoms with E-state index in [1.165, 1.54) is 58.2 Å². The Bertz CT molecular complexity index is 1820. The average Bonchev–Trinajstić information content (AvgIpc) is 3.61. The molecule has 0 saturated carbocycles. The van der Waals surface area contributed by atoms with Crippen LogP contribution in [0.5, 0.6) is 11.5 Å². The van der Waals surface area contributed by atoms with Gasteiger partial charge < -0.3 is 56.6 Å². The number of aliphatic hydroxyl groups excluding tert-OH is 1. The molecule has 2 aliphatic heterocycles. The number of phenolic OH excluding ortho intramolecular Hbond substituents is 1. The van der Waals surface area contributed by atoms with E-state index in [1.807, 2.05) is 5.32 Å². The maximum Gasteiger partial charge on any atom is 0.352 e. The lowest BCUT2D eigenvalue weighted by molar-refractivity contribution is -0.146. The lowest BCUT2D eigenvalue weighted by Gasteiger charge is -2.40. The van der Waals surface area contributed by atoms with E-state index in [-0.39, 0.29) is 59.4 Å². The maximum absolute atomic E-state index is 14.6. The first-order chi connectivity index (χ1) is 25.3. The van der Waals surface area contributed by atoms with Crippen molar-refractivity contribution in [3.63, 3.8) is 0 Å². The number of carbonyl (C=O) groups excluding carboxylic acids is 5. The third-order valence-electron chi connectivity index (χ3n) is 9.15. The number of likely N-dealkylation sites (N-methyl/N-ethyl adjacent to an activating group) is 1. The predicted octanol–water partition coefficient (Wildman–Crippen LogP) is -0.143. The van der Waals surface area contributed by atoms with Crippen LogP contribution in [0.3, 0.4) is 0 Å². The second-order valence-electron chi connectivity index (χ2n) is 13.0. The summed E-state index contributed by atoms with van der Waals surface area (Å²) in [6, 6.07) is -1.76. The van der Waals surface area contributed by atoms with Gasteiger partial charge in [0.2, 0.25) is 11.8 Å². The summed E-state index contributed by atoms with van der Waals surface area (Å²) in [5.41, 5.74) is -2.39. The lowest BCUT2D eigenvalue weighted by atomic mass is 9.90. The number of rotatable bonds is 11. The van der Waals surface area contributed by atoms with Gasteiger partial charge in [0.1, 0.15) is 47.3 Å². The van der Waals surface area contributed by atoms with Gasteiger partial charge >= 0.3 is 11.9 Å². The van der Waals surface area contributed by atoms with Crippen LogP contribution in [-0.2, 0) is 33.6 Å². The number of amides is 5.